The molecular formula is C11H16Cl3NO. The second-order valence-electron chi connectivity index (χ2n) is 3.48. The summed E-state index contributed by atoms with van der Waals surface area (Å²) in [6.07, 6.45) is 0.550. The van der Waals surface area contributed by atoms with Crippen LogP contribution in [0.1, 0.15) is 16.8 Å². The normalized spacial score (nSPS) is 9.25. The van der Waals surface area contributed by atoms with Crippen LogP contribution in [-0.2, 0) is 0 Å². The quantitative estimate of drug-likeness (QED) is 0.791. The highest BCUT2D eigenvalue weighted by Gasteiger charge is 2.05. The first-order valence-electron chi connectivity index (χ1n) is 4.53. The number of nitrogens with zero attached hydrogens (tertiary/aromatic N) is 1. The zero-order chi connectivity index (χ0) is 10.6. The summed E-state index contributed by atoms with van der Waals surface area (Å²) in [6, 6.07) is 7.01. The largest absolute Gasteiger partial charge is 0.309 e. The minimum Gasteiger partial charge on any atom is -0.309 e. The van der Waals surface area contributed by atoms with E-state index >= 15 is 0 Å². The van der Waals surface area contributed by atoms with Crippen molar-refractivity contribution in [3.05, 3.63) is 34.9 Å². The molecule has 0 amide bonds. The molecule has 1 aromatic carbocycles. The van der Waals surface area contributed by atoms with Crippen LogP contribution in [0.2, 0.25) is 5.02 Å². The molecule has 0 aromatic heterocycles. The highest BCUT2D eigenvalue weighted by atomic mass is 35.5. The lowest BCUT2D eigenvalue weighted by atomic mass is 10.1. The van der Waals surface area contributed by atoms with Crippen LogP contribution in [0.3, 0.4) is 0 Å². The van der Waals surface area contributed by atoms with E-state index in [1.807, 2.05) is 19.0 Å². The molecule has 1 aromatic rings. The Kier molecular flexibility index (Phi) is 9.98. The minimum absolute atomic E-state index is 0. The molecule has 0 heterocycles. The second kappa shape index (κ2) is 8.82. The van der Waals surface area contributed by atoms with Crippen molar-refractivity contribution < 1.29 is 4.79 Å². The Hall–Kier alpha value is -0.280. The molecule has 0 aliphatic carbocycles. The van der Waals surface area contributed by atoms with Gasteiger partial charge in [-0.05, 0) is 38.4 Å². The average molecular weight is 285 g/mol. The average Bonchev–Trinajstić information content (AvgIpc) is 2.15. The molecule has 0 fully saturated rings. The molecule has 0 bridgehead atoms. The first-order chi connectivity index (χ1) is 6.59. The van der Waals surface area contributed by atoms with Crippen LogP contribution in [0.4, 0.5) is 0 Å². The summed E-state index contributed by atoms with van der Waals surface area (Å²) in [5.41, 5.74) is 0.733. The fraction of sp³-hybridized carbons (Fsp3) is 0.364. The minimum atomic E-state index is 0. The van der Waals surface area contributed by atoms with Gasteiger partial charge in [0.25, 0.3) is 0 Å². The number of carbonyl (C=O) groups excluding carboxylic acids is 1. The lowest BCUT2D eigenvalue weighted by molar-refractivity contribution is 0.0972. The van der Waals surface area contributed by atoms with E-state index < -0.39 is 0 Å². The number of hydrogen-bond acceptors (Lipinski definition) is 2. The van der Waals surface area contributed by atoms with E-state index in [9.17, 15) is 4.79 Å². The number of halogens is 3. The highest BCUT2D eigenvalue weighted by molar-refractivity contribution is 6.30. The van der Waals surface area contributed by atoms with E-state index in [2.05, 4.69) is 0 Å². The van der Waals surface area contributed by atoms with Gasteiger partial charge in [-0.3, -0.25) is 4.79 Å². The standard InChI is InChI=1S/C11H14ClNO.2ClH/c1-13(2)8-7-11(14)9-3-5-10(12)6-4-9;;/h3-6H,7-8H2,1-2H3;2*1H. The van der Waals surface area contributed by atoms with E-state index in [1.54, 1.807) is 24.3 Å². The topological polar surface area (TPSA) is 20.3 Å². The third-order valence-corrected chi connectivity index (χ3v) is 2.20. The van der Waals surface area contributed by atoms with Crippen molar-refractivity contribution in [1.82, 2.24) is 4.90 Å². The highest BCUT2D eigenvalue weighted by Crippen LogP contribution is 2.11. The monoisotopic (exact) mass is 283 g/mol. The molecule has 5 heteroatoms. The molecule has 0 aliphatic rings. The predicted octanol–water partition coefficient (Wildman–Crippen LogP) is 3.32. The Morgan fingerprint density at radius 1 is 1.19 bits per heavy atom. The second-order valence-corrected chi connectivity index (χ2v) is 3.92. The summed E-state index contributed by atoms with van der Waals surface area (Å²) in [7, 11) is 3.91. The Labute approximate surface area is 114 Å². The molecule has 0 saturated heterocycles. The molecule has 0 radical (unpaired) electrons. The lowest BCUT2D eigenvalue weighted by Crippen LogP contribution is -2.16. The van der Waals surface area contributed by atoms with E-state index in [0.717, 1.165) is 12.1 Å². The van der Waals surface area contributed by atoms with E-state index in [-0.39, 0.29) is 30.6 Å². The summed E-state index contributed by atoms with van der Waals surface area (Å²) in [5.74, 6) is 0.162. The number of hydrogen-bond donors (Lipinski definition) is 0. The van der Waals surface area contributed by atoms with Gasteiger partial charge < -0.3 is 4.90 Å². The molecule has 0 atom stereocenters. The summed E-state index contributed by atoms with van der Waals surface area (Å²) in [5, 5.41) is 0.661. The summed E-state index contributed by atoms with van der Waals surface area (Å²) in [6.45, 7) is 0.779. The molecule has 0 aliphatic heterocycles. The Morgan fingerprint density at radius 3 is 2.12 bits per heavy atom. The van der Waals surface area contributed by atoms with Gasteiger partial charge in [0.05, 0.1) is 0 Å². The van der Waals surface area contributed by atoms with Crippen molar-refractivity contribution in [2.75, 3.05) is 20.6 Å². The van der Waals surface area contributed by atoms with Crippen molar-refractivity contribution in [1.29, 1.82) is 0 Å². The van der Waals surface area contributed by atoms with E-state index in [4.69, 9.17) is 11.6 Å². The van der Waals surface area contributed by atoms with Gasteiger partial charge in [-0.15, -0.1) is 24.8 Å². The van der Waals surface area contributed by atoms with Crippen LogP contribution in [0.25, 0.3) is 0 Å². The van der Waals surface area contributed by atoms with Gasteiger partial charge in [0, 0.05) is 23.6 Å². The van der Waals surface area contributed by atoms with Crippen molar-refractivity contribution in [2.24, 2.45) is 0 Å². The molecule has 16 heavy (non-hydrogen) atoms. The van der Waals surface area contributed by atoms with Gasteiger partial charge in [-0.2, -0.15) is 0 Å². The third-order valence-electron chi connectivity index (χ3n) is 1.95. The Morgan fingerprint density at radius 2 is 1.69 bits per heavy atom. The van der Waals surface area contributed by atoms with Crippen molar-refractivity contribution in [3.8, 4) is 0 Å². The summed E-state index contributed by atoms with van der Waals surface area (Å²) >= 11 is 5.72. The van der Waals surface area contributed by atoms with Crippen molar-refractivity contribution in [3.63, 3.8) is 0 Å². The smallest absolute Gasteiger partial charge is 0.164 e. The van der Waals surface area contributed by atoms with Gasteiger partial charge in [0.1, 0.15) is 0 Å². The van der Waals surface area contributed by atoms with Crippen LogP contribution in [0, 0.1) is 0 Å². The first-order valence-corrected chi connectivity index (χ1v) is 4.91. The van der Waals surface area contributed by atoms with Gasteiger partial charge >= 0.3 is 0 Å². The number of Topliss-reactive ketones (excluding diaryl/α,β-unsaturated/α-hetero) is 1. The van der Waals surface area contributed by atoms with Crippen LogP contribution < -0.4 is 0 Å². The molecule has 0 N–H and O–H groups in total. The number of ketones is 1. The zero-order valence-corrected chi connectivity index (χ0v) is 11.7. The number of rotatable bonds is 4. The van der Waals surface area contributed by atoms with Gasteiger partial charge in [0.2, 0.25) is 0 Å². The van der Waals surface area contributed by atoms with Crippen LogP contribution in [-0.4, -0.2) is 31.3 Å². The summed E-state index contributed by atoms with van der Waals surface area (Å²) in [4.78, 5) is 13.6. The van der Waals surface area contributed by atoms with Crippen LogP contribution >= 0.6 is 36.4 Å². The van der Waals surface area contributed by atoms with E-state index in [0.29, 0.717) is 11.4 Å². The number of benzene rings is 1. The molecule has 92 valence electrons. The van der Waals surface area contributed by atoms with Gasteiger partial charge in [0.15, 0.2) is 5.78 Å². The fourth-order valence-electron chi connectivity index (χ4n) is 1.11. The summed E-state index contributed by atoms with van der Waals surface area (Å²) < 4.78 is 0. The fourth-order valence-corrected chi connectivity index (χ4v) is 1.23. The molecule has 2 nitrogen and oxygen atoms in total. The zero-order valence-electron chi connectivity index (χ0n) is 9.27. The van der Waals surface area contributed by atoms with Gasteiger partial charge in [-0.25, -0.2) is 0 Å². The molecule has 1 rings (SSSR count). The Bertz CT molecular complexity index is 312. The maximum Gasteiger partial charge on any atom is 0.164 e. The molecule has 0 saturated carbocycles. The maximum absolute atomic E-state index is 11.6. The van der Waals surface area contributed by atoms with Crippen molar-refractivity contribution in [2.45, 2.75) is 6.42 Å². The predicted molar refractivity (Wildman–Crippen MR) is 73.4 cm³/mol. The number of carbonyl (C=O) groups is 1. The van der Waals surface area contributed by atoms with Crippen LogP contribution in [0.5, 0.6) is 0 Å². The Balaban J connectivity index is 0. The maximum atomic E-state index is 11.6. The molecule has 0 spiro atoms. The van der Waals surface area contributed by atoms with Crippen molar-refractivity contribution >= 4 is 42.2 Å². The lowest BCUT2D eigenvalue weighted by Gasteiger charge is -2.08. The van der Waals surface area contributed by atoms with Crippen LogP contribution in [0.15, 0.2) is 24.3 Å². The molecule has 0 unspecified atom stereocenters. The SMILES string of the molecule is CN(C)CCC(=O)c1ccc(Cl)cc1.Cl.Cl. The van der Waals surface area contributed by atoms with Gasteiger partial charge in [-0.1, -0.05) is 11.6 Å². The van der Waals surface area contributed by atoms with E-state index in [1.165, 1.54) is 0 Å². The third kappa shape index (κ3) is 6.33. The first kappa shape index (κ1) is 18.1. The molecular weight excluding hydrogens is 268 g/mol.